The molecule has 0 aromatic heterocycles. The van der Waals surface area contributed by atoms with Crippen LogP contribution in [0.4, 0.5) is 4.79 Å². The Morgan fingerprint density at radius 3 is 0.985 bits per heavy atom. The number of halogens is 3. The lowest BCUT2D eigenvalue weighted by Gasteiger charge is -2.28. The Labute approximate surface area is 402 Å². The van der Waals surface area contributed by atoms with Crippen LogP contribution in [-0.4, -0.2) is 35.1 Å². The van der Waals surface area contributed by atoms with Crippen molar-refractivity contribution in [3.8, 4) is 35.1 Å². The van der Waals surface area contributed by atoms with Crippen LogP contribution in [0, 0.1) is 22.7 Å². The topological polar surface area (TPSA) is 142 Å². The first-order valence-corrected chi connectivity index (χ1v) is 22.6. The minimum Gasteiger partial charge on any atom is -0.507 e. The maximum Gasteiger partial charge on any atom is 0.419 e. The first-order valence-electron chi connectivity index (χ1n) is 21.5. The molecule has 9 nitrogen and oxygen atoms in total. The Bertz CT molecular complexity index is 2350. The molecule has 0 heterocycles. The monoisotopic (exact) mass is 945 g/mol. The number of ether oxygens (including phenoxy) is 3. The summed E-state index contributed by atoms with van der Waals surface area (Å²) < 4.78 is 16.3. The number of nitriles is 2. The molecule has 2 amide bonds. The quantitative estimate of drug-likeness (QED) is 0.170. The maximum atomic E-state index is 13.6. The van der Waals surface area contributed by atoms with Gasteiger partial charge in [-0.05, 0) is 77.3 Å². The van der Waals surface area contributed by atoms with Gasteiger partial charge in [0, 0.05) is 50.7 Å². The molecule has 2 N–H and O–H groups in total. The number of phenolic OH excluding ortho intramolecular Hbond substituents is 1. The molecule has 65 heavy (non-hydrogen) atoms. The van der Waals surface area contributed by atoms with Gasteiger partial charge in [-0.25, -0.2) is 4.79 Å². The molecule has 0 spiro atoms. The number of nitrogens with one attached hydrogen (secondary N) is 1. The number of hydrogen-bond acceptors (Lipinski definition) is 8. The van der Waals surface area contributed by atoms with Crippen LogP contribution in [0.15, 0.2) is 48.5 Å². The maximum absolute atomic E-state index is 13.6. The van der Waals surface area contributed by atoms with Crippen LogP contribution in [0.3, 0.4) is 0 Å². The lowest BCUT2D eigenvalue weighted by Crippen LogP contribution is -2.40. The molecule has 12 heteroatoms. The van der Waals surface area contributed by atoms with Crippen molar-refractivity contribution in [2.75, 3.05) is 14.2 Å². The van der Waals surface area contributed by atoms with E-state index in [0.29, 0.717) is 48.3 Å². The fourth-order valence-corrected chi connectivity index (χ4v) is 7.71. The van der Waals surface area contributed by atoms with Crippen molar-refractivity contribution in [1.29, 1.82) is 10.5 Å². The number of fused-ring (bicyclic) bond motifs is 8. The van der Waals surface area contributed by atoms with Crippen LogP contribution in [0.5, 0.6) is 23.0 Å². The van der Waals surface area contributed by atoms with Crippen LogP contribution in [-0.2, 0) is 52.1 Å². The predicted molar refractivity (Wildman–Crippen MR) is 264 cm³/mol. The van der Waals surface area contributed by atoms with Gasteiger partial charge in [-0.3, -0.25) is 10.1 Å². The number of nitrogens with zero attached hydrogens (tertiary/aromatic N) is 2. The van der Waals surface area contributed by atoms with E-state index in [9.17, 15) is 14.7 Å². The molecular weight excluding hydrogens is 881 g/mol. The lowest BCUT2D eigenvalue weighted by atomic mass is 9.79. The predicted octanol–water partition coefficient (Wildman–Crippen LogP) is 13.3. The summed E-state index contributed by atoms with van der Waals surface area (Å²) in [4.78, 5) is 26.4. The van der Waals surface area contributed by atoms with E-state index in [1.54, 1.807) is 26.4 Å². The molecule has 350 valence electrons. The summed E-state index contributed by atoms with van der Waals surface area (Å²) in [6.07, 6.45) is 0.290. The van der Waals surface area contributed by atoms with Gasteiger partial charge in [0.15, 0.2) is 0 Å². The van der Waals surface area contributed by atoms with E-state index in [-0.39, 0.29) is 33.2 Å². The Morgan fingerprint density at radius 2 is 0.754 bits per heavy atom. The fraction of sp³-hybridized carbons (Fsp3) is 0.472. The SMILES string of the molecule is CC#N.CC#N.COc1c2cc(C(C)(C)C)cc1Cc1cc(C(C)(C)C)cc(c1OC(=O)NC(=O)C(Cl)(Cl)Cl)Cc1cc(C(C)(C)C)cc(c1OC)Cc1cc(C(C)(C)C)cc(c1O)C2. The average molecular weight is 947 g/mol. The zero-order valence-corrected chi connectivity index (χ0v) is 43.2. The van der Waals surface area contributed by atoms with Crippen molar-refractivity contribution in [2.24, 2.45) is 0 Å². The molecule has 0 unspecified atom stereocenters. The normalized spacial score (nSPS) is 12.8. The number of carbonyl (C=O) groups excluding carboxylic acids is 2. The lowest BCUT2D eigenvalue weighted by molar-refractivity contribution is -0.119. The highest BCUT2D eigenvalue weighted by Gasteiger charge is 2.34. The van der Waals surface area contributed by atoms with Crippen molar-refractivity contribution in [3.05, 3.63) is 115 Å². The van der Waals surface area contributed by atoms with Crippen molar-refractivity contribution < 1.29 is 28.9 Å². The van der Waals surface area contributed by atoms with Gasteiger partial charge in [-0.1, -0.05) is 166 Å². The van der Waals surface area contributed by atoms with Crippen LogP contribution >= 0.6 is 34.8 Å². The molecule has 5 rings (SSSR count). The summed E-state index contributed by atoms with van der Waals surface area (Å²) in [6.45, 7) is 28.8. The number of phenols is 1. The minimum atomic E-state index is -2.39. The standard InChI is InChI=1S/C49H60Cl3NO6.2C2H3N/c1-45(2,3)35-19-27-15-29-21-36(46(4,5)6)23-31(40(29)57-13)17-33-25-38(48(10,11)12)26-34(42(33)59-44(56)53-43(55)49(50,51)52)18-32-24-37(47(7,8)9)22-30(41(32)58-14)16-28(20-35)39(27)54;2*1-2-3/h19-26,54H,15-18H2,1-14H3,(H,53,55,56);2*1H3. The molecule has 8 bridgehead atoms. The number of alkyl halides is 3. The Kier molecular flexibility index (Phi) is 17.7. The van der Waals surface area contributed by atoms with Gasteiger partial charge in [0.25, 0.3) is 9.70 Å². The van der Waals surface area contributed by atoms with Crippen molar-refractivity contribution in [3.63, 3.8) is 0 Å². The second-order valence-electron chi connectivity index (χ2n) is 20.4. The summed E-state index contributed by atoms with van der Waals surface area (Å²) >= 11 is 17.6. The molecule has 0 saturated carbocycles. The number of benzene rings is 4. The third kappa shape index (κ3) is 14.0. The highest BCUT2D eigenvalue weighted by molar-refractivity contribution is 6.76. The van der Waals surface area contributed by atoms with Gasteiger partial charge in [-0.15, -0.1) is 0 Å². The number of amides is 2. The third-order valence-electron chi connectivity index (χ3n) is 11.1. The molecular formula is C53H66Cl3N3O6. The number of aromatic hydroxyl groups is 1. The van der Waals surface area contributed by atoms with Crippen molar-refractivity contribution in [1.82, 2.24) is 5.32 Å². The van der Waals surface area contributed by atoms with Gasteiger partial charge in [-0.2, -0.15) is 10.5 Å². The summed E-state index contributed by atoms with van der Waals surface area (Å²) in [6, 6.07) is 20.4. The molecule has 1 aliphatic rings. The molecule has 0 fully saturated rings. The van der Waals surface area contributed by atoms with Crippen LogP contribution in [0.1, 0.15) is 164 Å². The molecule has 0 aliphatic heterocycles. The van der Waals surface area contributed by atoms with E-state index >= 15 is 0 Å². The third-order valence-corrected chi connectivity index (χ3v) is 11.6. The van der Waals surface area contributed by atoms with E-state index in [0.717, 1.165) is 55.6 Å². The van der Waals surface area contributed by atoms with Gasteiger partial charge >= 0.3 is 6.09 Å². The summed E-state index contributed by atoms with van der Waals surface area (Å²) in [5.74, 6) is 0.709. The zero-order chi connectivity index (χ0) is 49.6. The van der Waals surface area contributed by atoms with Crippen LogP contribution < -0.4 is 19.5 Å². The van der Waals surface area contributed by atoms with E-state index < -0.39 is 15.8 Å². The van der Waals surface area contributed by atoms with Crippen LogP contribution in [0.25, 0.3) is 0 Å². The zero-order valence-electron chi connectivity index (χ0n) is 41.0. The van der Waals surface area contributed by atoms with Gasteiger partial charge in [0.05, 0.1) is 26.4 Å². The smallest absolute Gasteiger partial charge is 0.419 e. The number of rotatable bonds is 3. The largest absolute Gasteiger partial charge is 0.507 e. The molecule has 0 saturated heterocycles. The first-order chi connectivity index (χ1) is 29.8. The number of carbonyl (C=O) groups is 2. The summed E-state index contributed by atoms with van der Waals surface area (Å²) in [5, 5.41) is 29.0. The minimum absolute atomic E-state index is 0.206. The van der Waals surface area contributed by atoms with E-state index in [4.69, 9.17) is 59.5 Å². The average Bonchev–Trinajstić information content (AvgIpc) is 3.15. The van der Waals surface area contributed by atoms with Crippen LogP contribution in [0.2, 0.25) is 0 Å². The summed E-state index contributed by atoms with van der Waals surface area (Å²) in [7, 11) is 3.31. The van der Waals surface area contributed by atoms with E-state index in [1.165, 1.54) is 13.8 Å². The van der Waals surface area contributed by atoms with Gasteiger partial charge in [0.2, 0.25) is 0 Å². The Hall–Kier alpha value is -4.93. The van der Waals surface area contributed by atoms with E-state index in [1.807, 2.05) is 12.1 Å². The molecule has 4 aromatic rings. The Balaban J connectivity index is 0.00000177. The Morgan fingerprint density at radius 1 is 0.523 bits per heavy atom. The van der Waals surface area contributed by atoms with E-state index in [2.05, 4.69) is 125 Å². The molecule has 4 aromatic carbocycles. The molecule has 0 atom stereocenters. The van der Waals surface area contributed by atoms with Gasteiger partial charge < -0.3 is 19.3 Å². The highest BCUT2D eigenvalue weighted by Crippen LogP contribution is 2.44. The van der Waals surface area contributed by atoms with Crippen molar-refractivity contribution >= 4 is 46.8 Å². The molecule has 0 radical (unpaired) electrons. The number of hydrogen-bond donors (Lipinski definition) is 2. The second-order valence-corrected chi connectivity index (χ2v) is 22.7. The number of methoxy groups -OCH3 is 2. The second kappa shape index (κ2) is 21.1. The summed E-state index contributed by atoms with van der Waals surface area (Å²) in [5.41, 5.74) is 9.75. The van der Waals surface area contributed by atoms with Crippen molar-refractivity contribution in [2.45, 2.75) is 148 Å². The highest BCUT2D eigenvalue weighted by atomic mass is 35.6. The molecule has 1 aliphatic carbocycles. The number of imide groups is 1. The van der Waals surface area contributed by atoms with Gasteiger partial charge in [0.1, 0.15) is 23.0 Å². The first kappa shape index (κ1) is 54.4. The fourth-order valence-electron chi connectivity index (χ4n) is 7.57.